The Morgan fingerprint density at radius 1 is 1.40 bits per heavy atom. The van der Waals surface area contributed by atoms with Crippen LogP contribution in [0, 0.1) is 12.8 Å². The molecule has 0 aliphatic heterocycles. The van der Waals surface area contributed by atoms with E-state index in [1.165, 1.54) is 11.0 Å². The number of carbonyl (C=O) groups is 2. The molecule has 0 atom stereocenters. The summed E-state index contributed by atoms with van der Waals surface area (Å²) in [6, 6.07) is 3.15. The Bertz CT molecular complexity index is 483. The van der Waals surface area contributed by atoms with Crippen molar-refractivity contribution in [2.24, 2.45) is 5.92 Å². The SMILES string of the molecule is Cc1cc(C(=O)N(C)CC(=O)NCC(C)C)cc(Cl)n1. The van der Waals surface area contributed by atoms with E-state index in [-0.39, 0.29) is 23.5 Å². The van der Waals surface area contributed by atoms with E-state index in [1.54, 1.807) is 20.0 Å². The van der Waals surface area contributed by atoms with Gasteiger partial charge in [-0.2, -0.15) is 0 Å². The molecule has 0 unspecified atom stereocenters. The van der Waals surface area contributed by atoms with E-state index in [9.17, 15) is 9.59 Å². The largest absolute Gasteiger partial charge is 0.354 e. The second-order valence-electron chi connectivity index (χ2n) is 5.18. The van der Waals surface area contributed by atoms with Crippen molar-refractivity contribution in [3.63, 3.8) is 0 Å². The maximum atomic E-state index is 12.2. The number of likely N-dealkylation sites (N-methyl/N-ethyl adjacent to an activating group) is 1. The lowest BCUT2D eigenvalue weighted by molar-refractivity contribution is -0.121. The van der Waals surface area contributed by atoms with Gasteiger partial charge in [-0.05, 0) is 25.0 Å². The van der Waals surface area contributed by atoms with Crippen LogP contribution in [-0.4, -0.2) is 41.8 Å². The minimum absolute atomic E-state index is 0.0184. The quantitative estimate of drug-likeness (QED) is 0.844. The van der Waals surface area contributed by atoms with Gasteiger partial charge >= 0.3 is 0 Å². The monoisotopic (exact) mass is 297 g/mol. The number of nitrogens with zero attached hydrogens (tertiary/aromatic N) is 2. The molecule has 110 valence electrons. The van der Waals surface area contributed by atoms with Crippen molar-refractivity contribution < 1.29 is 9.59 Å². The van der Waals surface area contributed by atoms with Crippen LogP contribution in [0.1, 0.15) is 29.9 Å². The fraction of sp³-hybridized carbons (Fsp3) is 0.500. The zero-order valence-corrected chi connectivity index (χ0v) is 13.0. The van der Waals surface area contributed by atoms with Crippen LogP contribution in [0.25, 0.3) is 0 Å². The molecule has 2 amide bonds. The van der Waals surface area contributed by atoms with Crippen molar-refractivity contribution in [1.29, 1.82) is 0 Å². The number of rotatable bonds is 5. The van der Waals surface area contributed by atoms with Crippen molar-refractivity contribution in [2.75, 3.05) is 20.1 Å². The highest BCUT2D eigenvalue weighted by Gasteiger charge is 2.16. The van der Waals surface area contributed by atoms with E-state index in [1.807, 2.05) is 13.8 Å². The standard InChI is InChI=1S/C14H20ClN3O2/c1-9(2)7-16-13(19)8-18(4)14(20)11-5-10(3)17-12(15)6-11/h5-6,9H,7-8H2,1-4H3,(H,16,19). The van der Waals surface area contributed by atoms with Gasteiger partial charge in [0.1, 0.15) is 5.15 Å². The number of halogens is 1. The minimum atomic E-state index is -0.253. The van der Waals surface area contributed by atoms with Gasteiger partial charge < -0.3 is 10.2 Å². The van der Waals surface area contributed by atoms with E-state index in [4.69, 9.17) is 11.6 Å². The van der Waals surface area contributed by atoms with Crippen molar-refractivity contribution in [3.05, 3.63) is 28.5 Å². The van der Waals surface area contributed by atoms with Crippen LogP contribution < -0.4 is 5.32 Å². The second kappa shape index (κ2) is 7.24. The molecule has 20 heavy (non-hydrogen) atoms. The number of hydrogen-bond donors (Lipinski definition) is 1. The zero-order chi connectivity index (χ0) is 15.3. The lowest BCUT2D eigenvalue weighted by atomic mass is 10.2. The van der Waals surface area contributed by atoms with E-state index in [2.05, 4.69) is 10.3 Å². The predicted octanol–water partition coefficient (Wildman–Crippen LogP) is 1.89. The summed E-state index contributed by atoms with van der Waals surface area (Å²) in [7, 11) is 1.58. The summed E-state index contributed by atoms with van der Waals surface area (Å²) in [5.74, 6) is -0.0508. The Balaban J connectivity index is 2.64. The smallest absolute Gasteiger partial charge is 0.254 e. The Hall–Kier alpha value is -1.62. The molecule has 0 spiro atoms. The van der Waals surface area contributed by atoms with Gasteiger partial charge in [0.2, 0.25) is 5.91 Å². The molecule has 0 radical (unpaired) electrons. The van der Waals surface area contributed by atoms with Gasteiger partial charge in [-0.15, -0.1) is 0 Å². The average molecular weight is 298 g/mol. The molecule has 6 heteroatoms. The molecular weight excluding hydrogens is 278 g/mol. The number of aryl methyl sites for hydroxylation is 1. The first-order chi connectivity index (χ1) is 9.29. The fourth-order valence-electron chi connectivity index (χ4n) is 1.63. The Kier molecular flexibility index (Phi) is 5.95. The van der Waals surface area contributed by atoms with Crippen molar-refractivity contribution >= 4 is 23.4 Å². The number of pyridine rings is 1. The Morgan fingerprint density at radius 3 is 2.60 bits per heavy atom. The van der Waals surface area contributed by atoms with Crippen molar-refractivity contribution in [3.8, 4) is 0 Å². The van der Waals surface area contributed by atoms with Gasteiger partial charge in [0, 0.05) is 24.8 Å². The lowest BCUT2D eigenvalue weighted by Gasteiger charge is -2.17. The van der Waals surface area contributed by atoms with Gasteiger partial charge in [0.25, 0.3) is 5.91 Å². The Labute approximate surface area is 124 Å². The second-order valence-corrected chi connectivity index (χ2v) is 5.57. The topological polar surface area (TPSA) is 62.3 Å². The molecule has 0 saturated heterocycles. The van der Waals surface area contributed by atoms with E-state index >= 15 is 0 Å². The molecular formula is C14H20ClN3O2. The number of nitrogens with one attached hydrogen (secondary N) is 1. The summed E-state index contributed by atoms with van der Waals surface area (Å²) < 4.78 is 0. The van der Waals surface area contributed by atoms with Crippen LogP contribution >= 0.6 is 11.6 Å². The molecule has 0 saturated carbocycles. The highest BCUT2D eigenvalue weighted by atomic mass is 35.5. The molecule has 1 aromatic heterocycles. The van der Waals surface area contributed by atoms with Crippen LogP contribution in [0.15, 0.2) is 12.1 Å². The maximum Gasteiger partial charge on any atom is 0.254 e. The van der Waals surface area contributed by atoms with Crippen LogP contribution in [0.5, 0.6) is 0 Å². The lowest BCUT2D eigenvalue weighted by Crippen LogP contribution is -2.39. The summed E-state index contributed by atoms with van der Waals surface area (Å²) in [4.78, 5) is 29.2. The summed E-state index contributed by atoms with van der Waals surface area (Å²) >= 11 is 5.83. The molecule has 1 aromatic rings. The summed E-state index contributed by atoms with van der Waals surface area (Å²) in [6.45, 7) is 6.40. The molecule has 1 heterocycles. The molecule has 1 N–H and O–H groups in total. The third-order valence-corrected chi connectivity index (χ3v) is 2.80. The molecule has 0 bridgehead atoms. The highest BCUT2D eigenvalue weighted by Crippen LogP contribution is 2.12. The van der Waals surface area contributed by atoms with Crippen molar-refractivity contribution in [2.45, 2.75) is 20.8 Å². The summed E-state index contributed by atoms with van der Waals surface area (Å²) in [5, 5.41) is 3.04. The molecule has 5 nitrogen and oxygen atoms in total. The van der Waals surface area contributed by atoms with Gasteiger partial charge in [-0.25, -0.2) is 4.98 Å². The minimum Gasteiger partial charge on any atom is -0.354 e. The molecule has 0 aromatic carbocycles. The van der Waals surface area contributed by atoms with E-state index in [0.29, 0.717) is 23.7 Å². The number of aromatic nitrogens is 1. The van der Waals surface area contributed by atoms with Crippen LogP contribution in [-0.2, 0) is 4.79 Å². The van der Waals surface area contributed by atoms with Gasteiger partial charge in [-0.3, -0.25) is 9.59 Å². The first-order valence-electron chi connectivity index (χ1n) is 6.46. The first-order valence-corrected chi connectivity index (χ1v) is 6.83. The number of hydrogen-bond acceptors (Lipinski definition) is 3. The van der Waals surface area contributed by atoms with E-state index < -0.39 is 0 Å². The van der Waals surface area contributed by atoms with Crippen LogP contribution in [0.3, 0.4) is 0 Å². The molecule has 0 fully saturated rings. The number of carbonyl (C=O) groups excluding carboxylic acids is 2. The summed E-state index contributed by atoms with van der Waals surface area (Å²) in [5.41, 5.74) is 1.10. The third kappa shape index (κ3) is 5.17. The van der Waals surface area contributed by atoms with Gasteiger partial charge in [0.15, 0.2) is 0 Å². The van der Waals surface area contributed by atoms with Gasteiger partial charge in [-0.1, -0.05) is 25.4 Å². The third-order valence-electron chi connectivity index (χ3n) is 2.60. The maximum absolute atomic E-state index is 12.2. The molecule has 0 aliphatic carbocycles. The van der Waals surface area contributed by atoms with Crippen LogP contribution in [0.4, 0.5) is 0 Å². The predicted molar refractivity (Wildman–Crippen MR) is 78.8 cm³/mol. The molecule has 1 rings (SSSR count). The van der Waals surface area contributed by atoms with E-state index in [0.717, 1.165) is 0 Å². The van der Waals surface area contributed by atoms with Crippen molar-refractivity contribution in [1.82, 2.24) is 15.2 Å². The normalized spacial score (nSPS) is 10.5. The molecule has 0 aliphatic rings. The Morgan fingerprint density at radius 2 is 2.05 bits per heavy atom. The highest BCUT2D eigenvalue weighted by molar-refractivity contribution is 6.29. The summed E-state index contributed by atoms with van der Waals surface area (Å²) in [6.07, 6.45) is 0. The fourth-order valence-corrected chi connectivity index (χ4v) is 1.88. The zero-order valence-electron chi connectivity index (χ0n) is 12.2. The van der Waals surface area contributed by atoms with Gasteiger partial charge in [0.05, 0.1) is 6.54 Å². The number of amides is 2. The average Bonchev–Trinajstić information content (AvgIpc) is 2.34. The first kappa shape index (κ1) is 16.4. The van der Waals surface area contributed by atoms with Crippen LogP contribution in [0.2, 0.25) is 5.15 Å².